The van der Waals surface area contributed by atoms with Crippen LogP contribution in [0.3, 0.4) is 0 Å². The summed E-state index contributed by atoms with van der Waals surface area (Å²) >= 11 is 1.62. The number of hydrogen-bond donors (Lipinski definition) is 1. The lowest BCUT2D eigenvalue weighted by molar-refractivity contribution is -0.138. The van der Waals surface area contributed by atoms with Crippen molar-refractivity contribution in [3.05, 3.63) is 21.4 Å². The summed E-state index contributed by atoms with van der Waals surface area (Å²) in [6.07, 6.45) is -4.15. The van der Waals surface area contributed by atoms with E-state index < -0.39 is 29.5 Å². The van der Waals surface area contributed by atoms with Crippen molar-refractivity contribution in [1.29, 1.82) is 0 Å². The molecule has 0 bridgehead atoms. The van der Waals surface area contributed by atoms with E-state index in [1.807, 2.05) is 0 Å². The number of nitrogens with zero attached hydrogens (tertiary/aromatic N) is 3. The van der Waals surface area contributed by atoms with Gasteiger partial charge in [-0.05, 0) is 49.4 Å². The van der Waals surface area contributed by atoms with Gasteiger partial charge in [0.1, 0.15) is 11.4 Å². The number of aliphatic hydroxyl groups excluding tert-OH is 1. The summed E-state index contributed by atoms with van der Waals surface area (Å²) in [6.45, 7) is 5.88. The second-order valence-electron chi connectivity index (χ2n) is 6.98. The molecule has 0 spiro atoms. The maximum atomic E-state index is 12.9. The van der Waals surface area contributed by atoms with Gasteiger partial charge in [0, 0.05) is 29.4 Å². The first-order chi connectivity index (χ1) is 11.9. The molecule has 1 N–H and O–H groups in total. The Kier molecular flexibility index (Phi) is 6.26. The number of alkyl halides is 3. The standard InChI is InChI=1S/C16H21F3IN3O3/c1-15(2,3)26-14(25)22-4-5-23(10(8-22)9-24)13-6-12(20)11(7-21-13)16(17,18)19/h6-7,10,24H,4-5,8-9H2,1-3H3/t10-/m1/s1. The Morgan fingerprint density at radius 2 is 2.04 bits per heavy atom. The van der Waals surface area contributed by atoms with Gasteiger partial charge >= 0.3 is 12.3 Å². The Morgan fingerprint density at radius 1 is 1.38 bits per heavy atom. The number of aliphatic hydroxyl groups is 1. The quantitative estimate of drug-likeness (QED) is 0.650. The number of carbonyl (C=O) groups excluding carboxylic acids is 1. The van der Waals surface area contributed by atoms with Crippen LogP contribution in [0.15, 0.2) is 12.3 Å². The third kappa shape index (κ3) is 5.12. The van der Waals surface area contributed by atoms with Crippen molar-refractivity contribution in [2.24, 2.45) is 0 Å². The number of amides is 1. The maximum Gasteiger partial charge on any atom is 0.418 e. The summed E-state index contributed by atoms with van der Waals surface area (Å²) in [7, 11) is 0. The number of ether oxygens (including phenoxy) is 1. The summed E-state index contributed by atoms with van der Waals surface area (Å²) in [5.41, 5.74) is -1.43. The molecule has 0 aromatic carbocycles. The molecular formula is C16H21F3IN3O3. The molecule has 1 fully saturated rings. The van der Waals surface area contributed by atoms with Crippen molar-refractivity contribution in [2.45, 2.75) is 38.6 Å². The minimum atomic E-state index is -4.46. The highest BCUT2D eigenvalue weighted by atomic mass is 127. The van der Waals surface area contributed by atoms with E-state index in [0.717, 1.165) is 6.20 Å². The zero-order valence-corrected chi connectivity index (χ0v) is 16.8. The molecule has 26 heavy (non-hydrogen) atoms. The molecule has 2 heterocycles. The maximum absolute atomic E-state index is 12.9. The van der Waals surface area contributed by atoms with Crippen LogP contribution in [0.2, 0.25) is 0 Å². The number of rotatable bonds is 2. The summed E-state index contributed by atoms with van der Waals surface area (Å²) in [5.74, 6) is 0.338. The van der Waals surface area contributed by atoms with Crippen molar-refractivity contribution in [2.75, 3.05) is 31.1 Å². The monoisotopic (exact) mass is 487 g/mol. The van der Waals surface area contributed by atoms with Gasteiger partial charge in [0.25, 0.3) is 0 Å². The van der Waals surface area contributed by atoms with Crippen LogP contribution in [0.1, 0.15) is 26.3 Å². The molecule has 0 radical (unpaired) electrons. The zero-order chi connectivity index (χ0) is 19.7. The second-order valence-corrected chi connectivity index (χ2v) is 8.14. The van der Waals surface area contributed by atoms with Gasteiger partial charge in [-0.15, -0.1) is 0 Å². The van der Waals surface area contributed by atoms with E-state index in [0.29, 0.717) is 18.9 Å². The number of hydrogen-bond acceptors (Lipinski definition) is 5. The number of pyridine rings is 1. The van der Waals surface area contributed by atoms with Crippen LogP contribution in [0.4, 0.5) is 23.8 Å². The van der Waals surface area contributed by atoms with Gasteiger partial charge in [-0.3, -0.25) is 0 Å². The number of anilines is 1. The normalized spacial score (nSPS) is 18.8. The average Bonchev–Trinajstić information content (AvgIpc) is 2.51. The average molecular weight is 487 g/mol. The smallest absolute Gasteiger partial charge is 0.418 e. The van der Waals surface area contributed by atoms with Crippen molar-refractivity contribution in [1.82, 2.24) is 9.88 Å². The van der Waals surface area contributed by atoms with E-state index in [4.69, 9.17) is 4.74 Å². The Hall–Kier alpha value is -1.30. The van der Waals surface area contributed by atoms with E-state index in [9.17, 15) is 23.1 Å². The molecule has 6 nitrogen and oxygen atoms in total. The molecule has 1 aliphatic heterocycles. The van der Waals surface area contributed by atoms with Gasteiger partial charge in [-0.2, -0.15) is 13.2 Å². The topological polar surface area (TPSA) is 65.9 Å². The Balaban J connectivity index is 2.15. The molecule has 1 aliphatic rings. The van der Waals surface area contributed by atoms with Crippen molar-refractivity contribution >= 4 is 34.5 Å². The van der Waals surface area contributed by atoms with E-state index in [1.165, 1.54) is 11.0 Å². The van der Waals surface area contributed by atoms with Gasteiger partial charge in [0.2, 0.25) is 0 Å². The van der Waals surface area contributed by atoms with Gasteiger partial charge in [0.15, 0.2) is 0 Å². The van der Waals surface area contributed by atoms with Crippen molar-refractivity contribution < 1.29 is 27.8 Å². The third-order valence-corrected chi connectivity index (χ3v) is 4.68. The number of carbonyl (C=O) groups is 1. The van der Waals surface area contributed by atoms with Crippen LogP contribution >= 0.6 is 22.6 Å². The first-order valence-corrected chi connectivity index (χ1v) is 9.08. The van der Waals surface area contributed by atoms with Crippen LogP contribution < -0.4 is 4.90 Å². The lowest BCUT2D eigenvalue weighted by Gasteiger charge is -2.41. The molecule has 1 aromatic heterocycles. The Bertz CT molecular complexity index is 664. The number of piperazine rings is 1. The van der Waals surface area contributed by atoms with E-state index in [1.54, 1.807) is 48.3 Å². The minimum absolute atomic E-state index is 0.0337. The van der Waals surface area contributed by atoms with Crippen molar-refractivity contribution in [3.8, 4) is 0 Å². The van der Waals surface area contributed by atoms with Crippen LogP contribution in [0.25, 0.3) is 0 Å². The summed E-state index contributed by atoms with van der Waals surface area (Å²) in [6, 6.07) is 0.867. The van der Waals surface area contributed by atoms with Gasteiger partial charge in [0.05, 0.1) is 18.2 Å². The van der Waals surface area contributed by atoms with Gasteiger partial charge in [-0.1, -0.05) is 0 Å². The van der Waals surface area contributed by atoms with Crippen LogP contribution in [-0.4, -0.2) is 59.0 Å². The number of halogens is 4. The summed E-state index contributed by atoms with van der Waals surface area (Å²) in [4.78, 5) is 19.3. The molecular weight excluding hydrogens is 466 g/mol. The molecule has 1 saturated heterocycles. The first kappa shape index (κ1) is 21.0. The highest BCUT2D eigenvalue weighted by molar-refractivity contribution is 14.1. The molecule has 0 unspecified atom stereocenters. The molecule has 0 saturated carbocycles. The van der Waals surface area contributed by atoms with E-state index in [2.05, 4.69) is 4.98 Å². The molecule has 10 heteroatoms. The molecule has 1 amide bonds. The fourth-order valence-electron chi connectivity index (χ4n) is 2.59. The second kappa shape index (κ2) is 7.75. The lowest BCUT2D eigenvalue weighted by Crippen LogP contribution is -2.57. The van der Waals surface area contributed by atoms with Crippen LogP contribution in [-0.2, 0) is 10.9 Å². The van der Waals surface area contributed by atoms with Crippen LogP contribution in [0.5, 0.6) is 0 Å². The Labute approximate surface area is 163 Å². The fourth-order valence-corrected chi connectivity index (χ4v) is 3.32. The Morgan fingerprint density at radius 3 is 2.54 bits per heavy atom. The van der Waals surface area contributed by atoms with E-state index in [-0.39, 0.29) is 16.7 Å². The molecule has 146 valence electrons. The zero-order valence-electron chi connectivity index (χ0n) is 14.7. The summed E-state index contributed by atoms with van der Waals surface area (Å²) < 4.78 is 44.0. The lowest BCUT2D eigenvalue weighted by atomic mass is 10.1. The SMILES string of the molecule is CC(C)(C)OC(=O)N1CCN(c2cc(I)c(C(F)(F)F)cn2)[C@@H](CO)C1. The third-order valence-electron chi connectivity index (χ3n) is 3.78. The molecule has 0 aliphatic carbocycles. The largest absolute Gasteiger partial charge is 0.444 e. The van der Waals surface area contributed by atoms with Gasteiger partial charge in [-0.25, -0.2) is 9.78 Å². The predicted octanol–water partition coefficient (Wildman–Crippen LogP) is 3.12. The highest BCUT2D eigenvalue weighted by Gasteiger charge is 2.36. The predicted molar refractivity (Wildman–Crippen MR) is 98.0 cm³/mol. The number of aromatic nitrogens is 1. The van der Waals surface area contributed by atoms with E-state index >= 15 is 0 Å². The molecule has 2 rings (SSSR count). The first-order valence-electron chi connectivity index (χ1n) is 8.00. The molecule has 1 aromatic rings. The highest BCUT2D eigenvalue weighted by Crippen LogP contribution is 2.34. The van der Waals surface area contributed by atoms with Crippen molar-refractivity contribution in [3.63, 3.8) is 0 Å². The summed E-state index contributed by atoms with van der Waals surface area (Å²) in [5, 5.41) is 9.68. The molecule has 1 atom stereocenters. The fraction of sp³-hybridized carbons (Fsp3) is 0.625. The van der Waals surface area contributed by atoms with Gasteiger partial charge < -0.3 is 19.6 Å². The van der Waals surface area contributed by atoms with Crippen LogP contribution in [0, 0.1) is 3.57 Å². The minimum Gasteiger partial charge on any atom is -0.444 e.